The maximum Gasteiger partial charge on any atom is 0.233 e. The molecule has 0 N–H and O–H groups in total. The molecule has 0 radical (unpaired) electrons. The van der Waals surface area contributed by atoms with E-state index < -0.39 is 0 Å². The molecule has 0 bridgehead atoms. The van der Waals surface area contributed by atoms with Gasteiger partial charge in [0.1, 0.15) is 0 Å². The fourth-order valence-corrected chi connectivity index (χ4v) is 4.16. The molecule has 3 heterocycles. The zero-order valence-corrected chi connectivity index (χ0v) is 18.3. The Labute approximate surface area is 184 Å². The highest BCUT2D eigenvalue weighted by Gasteiger charge is 2.18. The van der Waals surface area contributed by atoms with Crippen LogP contribution in [0.25, 0.3) is 11.6 Å². The van der Waals surface area contributed by atoms with Gasteiger partial charge in [0.15, 0.2) is 16.7 Å². The number of amides is 1. The number of benzene rings is 1. The molecule has 1 aromatic carbocycles. The summed E-state index contributed by atoms with van der Waals surface area (Å²) in [6, 6.07) is 13.8. The Morgan fingerprint density at radius 1 is 1.13 bits per heavy atom. The number of hydrogen-bond acceptors (Lipinski definition) is 6. The van der Waals surface area contributed by atoms with Crippen LogP contribution in [-0.2, 0) is 24.4 Å². The van der Waals surface area contributed by atoms with Crippen molar-refractivity contribution in [2.75, 3.05) is 12.8 Å². The van der Waals surface area contributed by atoms with Crippen molar-refractivity contribution in [2.24, 2.45) is 0 Å². The lowest BCUT2D eigenvalue weighted by Gasteiger charge is -2.16. The van der Waals surface area contributed by atoms with Gasteiger partial charge in [-0.3, -0.25) is 14.0 Å². The average molecular weight is 437 g/mol. The molecule has 0 atom stereocenters. The lowest BCUT2D eigenvalue weighted by molar-refractivity contribution is -0.127. The van der Waals surface area contributed by atoms with Gasteiger partial charge in [-0.2, -0.15) is 5.10 Å². The van der Waals surface area contributed by atoms with Crippen LogP contribution in [0.2, 0.25) is 0 Å². The minimum Gasteiger partial charge on any atom is -0.461 e. The molecule has 0 aliphatic rings. The predicted molar refractivity (Wildman–Crippen MR) is 118 cm³/mol. The topological polar surface area (TPSA) is 82.0 Å². The zero-order chi connectivity index (χ0) is 21.6. The van der Waals surface area contributed by atoms with E-state index in [2.05, 4.69) is 27.4 Å². The number of rotatable bonds is 9. The van der Waals surface area contributed by atoms with E-state index in [1.165, 1.54) is 17.3 Å². The fraction of sp³-hybridized carbons (Fsp3) is 0.273. The van der Waals surface area contributed by atoms with Crippen molar-refractivity contribution in [1.82, 2.24) is 29.4 Å². The molecule has 0 aliphatic heterocycles. The first-order valence-electron chi connectivity index (χ1n) is 10.0. The summed E-state index contributed by atoms with van der Waals surface area (Å²) >= 11 is 1.38. The molecule has 9 heteroatoms. The summed E-state index contributed by atoms with van der Waals surface area (Å²) in [5, 5.41) is 13.6. The lowest BCUT2D eigenvalue weighted by Crippen LogP contribution is -2.27. The predicted octanol–water partition coefficient (Wildman–Crippen LogP) is 3.55. The number of nitrogens with zero attached hydrogens (tertiary/aromatic N) is 6. The molecule has 0 saturated heterocycles. The zero-order valence-electron chi connectivity index (χ0n) is 17.5. The normalized spacial score (nSPS) is 11.0. The van der Waals surface area contributed by atoms with Crippen LogP contribution >= 0.6 is 11.8 Å². The molecule has 4 aromatic rings. The minimum atomic E-state index is 0.0195. The Balaban J connectivity index is 1.32. The average Bonchev–Trinajstić information content (AvgIpc) is 3.53. The van der Waals surface area contributed by atoms with Gasteiger partial charge < -0.3 is 9.32 Å². The van der Waals surface area contributed by atoms with Crippen LogP contribution in [-0.4, -0.2) is 48.2 Å². The Bertz CT molecular complexity index is 1120. The van der Waals surface area contributed by atoms with Gasteiger partial charge in [-0.15, -0.1) is 10.2 Å². The number of carbonyl (C=O) groups is 1. The highest BCUT2D eigenvalue weighted by atomic mass is 32.2. The lowest BCUT2D eigenvalue weighted by atomic mass is 10.2. The van der Waals surface area contributed by atoms with Gasteiger partial charge in [0.05, 0.1) is 24.8 Å². The van der Waals surface area contributed by atoms with Gasteiger partial charge >= 0.3 is 0 Å². The number of hydrogen-bond donors (Lipinski definition) is 0. The van der Waals surface area contributed by atoms with E-state index in [0.29, 0.717) is 36.4 Å². The Kier molecular flexibility index (Phi) is 6.51. The Morgan fingerprint density at radius 3 is 2.71 bits per heavy atom. The third-order valence-corrected chi connectivity index (χ3v) is 5.77. The molecule has 0 fully saturated rings. The van der Waals surface area contributed by atoms with Crippen LogP contribution in [0.4, 0.5) is 0 Å². The fourth-order valence-electron chi connectivity index (χ4n) is 3.21. The third-order valence-electron chi connectivity index (χ3n) is 4.82. The number of aromatic nitrogens is 5. The van der Waals surface area contributed by atoms with Gasteiger partial charge in [0, 0.05) is 31.9 Å². The maximum atomic E-state index is 12.7. The summed E-state index contributed by atoms with van der Waals surface area (Å²) in [6.07, 6.45) is 5.40. The second-order valence-corrected chi connectivity index (χ2v) is 8.04. The van der Waals surface area contributed by atoms with E-state index in [0.717, 1.165) is 5.56 Å². The molecule has 8 nitrogen and oxygen atoms in total. The summed E-state index contributed by atoms with van der Waals surface area (Å²) in [5.41, 5.74) is 2.18. The molecular weight excluding hydrogens is 412 g/mol. The second-order valence-electron chi connectivity index (χ2n) is 7.10. The van der Waals surface area contributed by atoms with Crippen molar-refractivity contribution in [1.29, 1.82) is 0 Å². The van der Waals surface area contributed by atoms with Crippen LogP contribution in [0, 0.1) is 0 Å². The third kappa shape index (κ3) is 5.05. The molecule has 4 rings (SSSR count). The monoisotopic (exact) mass is 436 g/mol. The molecule has 0 unspecified atom stereocenters. The first-order valence-corrected chi connectivity index (χ1v) is 11.0. The number of carbonyl (C=O) groups excluding carboxylic acids is 1. The Hall–Kier alpha value is -3.33. The van der Waals surface area contributed by atoms with Crippen molar-refractivity contribution in [3.05, 3.63) is 72.2 Å². The first kappa shape index (κ1) is 20.9. The second kappa shape index (κ2) is 9.65. The van der Waals surface area contributed by atoms with E-state index in [4.69, 9.17) is 4.42 Å². The summed E-state index contributed by atoms with van der Waals surface area (Å²) in [5.74, 6) is 1.63. The molecule has 160 valence electrons. The van der Waals surface area contributed by atoms with Crippen LogP contribution in [0.3, 0.4) is 0 Å². The van der Waals surface area contributed by atoms with Crippen molar-refractivity contribution in [2.45, 2.75) is 31.7 Å². The minimum absolute atomic E-state index is 0.0195. The molecule has 0 saturated carbocycles. The number of thioether (sulfide) groups is 1. The van der Waals surface area contributed by atoms with Crippen molar-refractivity contribution >= 4 is 17.7 Å². The molecule has 1 amide bonds. The molecule has 0 aliphatic carbocycles. The van der Waals surface area contributed by atoms with Crippen molar-refractivity contribution in [3.8, 4) is 11.6 Å². The maximum absolute atomic E-state index is 12.7. The van der Waals surface area contributed by atoms with Crippen LogP contribution in [0.15, 0.2) is 70.7 Å². The SMILES string of the molecule is CCn1c(SCC(=O)N(C)Cc2cnn(Cc3ccccc3)c2)nnc1-c1ccco1. The van der Waals surface area contributed by atoms with Gasteiger partial charge in [0.2, 0.25) is 5.91 Å². The van der Waals surface area contributed by atoms with E-state index in [-0.39, 0.29) is 11.7 Å². The summed E-state index contributed by atoms with van der Waals surface area (Å²) in [4.78, 5) is 14.4. The summed E-state index contributed by atoms with van der Waals surface area (Å²) < 4.78 is 9.26. The smallest absolute Gasteiger partial charge is 0.233 e. The van der Waals surface area contributed by atoms with Gasteiger partial charge in [-0.05, 0) is 24.6 Å². The quantitative estimate of drug-likeness (QED) is 0.373. The van der Waals surface area contributed by atoms with Gasteiger partial charge in [-0.25, -0.2) is 0 Å². The highest BCUT2D eigenvalue weighted by molar-refractivity contribution is 7.99. The van der Waals surface area contributed by atoms with E-state index in [1.54, 1.807) is 18.2 Å². The molecule has 3 aromatic heterocycles. The van der Waals surface area contributed by atoms with E-state index >= 15 is 0 Å². The largest absolute Gasteiger partial charge is 0.461 e. The van der Waals surface area contributed by atoms with E-state index in [1.807, 2.05) is 58.9 Å². The summed E-state index contributed by atoms with van der Waals surface area (Å²) in [7, 11) is 1.80. The first-order chi connectivity index (χ1) is 15.1. The van der Waals surface area contributed by atoms with E-state index in [9.17, 15) is 4.79 Å². The van der Waals surface area contributed by atoms with Gasteiger partial charge in [-0.1, -0.05) is 42.1 Å². The molecule has 0 spiro atoms. The van der Waals surface area contributed by atoms with Gasteiger partial charge in [0.25, 0.3) is 0 Å². The standard InChI is InChI=1S/C22H24N6O2S/c1-3-28-21(19-10-7-11-30-19)24-25-22(28)31-16-20(29)26(2)13-18-12-23-27(15-18)14-17-8-5-4-6-9-17/h4-12,15H,3,13-14,16H2,1-2H3. The van der Waals surface area contributed by atoms with Crippen LogP contribution < -0.4 is 0 Å². The van der Waals surface area contributed by atoms with Crippen molar-refractivity contribution < 1.29 is 9.21 Å². The molecular formula is C22H24N6O2S. The van der Waals surface area contributed by atoms with Crippen LogP contribution in [0.1, 0.15) is 18.1 Å². The number of furan rings is 1. The highest BCUT2D eigenvalue weighted by Crippen LogP contribution is 2.24. The molecule has 31 heavy (non-hydrogen) atoms. The summed E-state index contributed by atoms with van der Waals surface area (Å²) in [6.45, 7) is 3.92. The van der Waals surface area contributed by atoms with Crippen molar-refractivity contribution in [3.63, 3.8) is 0 Å². The Morgan fingerprint density at radius 2 is 1.97 bits per heavy atom. The van der Waals surface area contributed by atoms with Crippen LogP contribution in [0.5, 0.6) is 0 Å².